The van der Waals surface area contributed by atoms with Gasteiger partial charge in [-0.15, -0.1) is 11.8 Å². The first kappa shape index (κ1) is 14.6. The summed E-state index contributed by atoms with van der Waals surface area (Å²) in [5.74, 6) is -0.384. The quantitative estimate of drug-likeness (QED) is 0.831. The second-order valence-corrected chi connectivity index (χ2v) is 5.26. The maximum atomic E-state index is 11.9. The molecule has 4 heteroatoms. The molecule has 0 radical (unpaired) electrons. The van der Waals surface area contributed by atoms with Crippen LogP contribution in [-0.2, 0) is 11.3 Å². The summed E-state index contributed by atoms with van der Waals surface area (Å²) in [7, 11) is 0. The lowest BCUT2D eigenvalue weighted by Crippen LogP contribution is -2.28. The molecule has 0 aliphatic rings. The van der Waals surface area contributed by atoms with Gasteiger partial charge in [0.1, 0.15) is 0 Å². The highest BCUT2D eigenvalue weighted by molar-refractivity contribution is 7.98. The standard InChI is InChI=1S/C16H17NO2S/c1-20-14-9-7-12(8-10-14)11-17-16(19)15(18)13-5-3-2-4-6-13/h2-10,15,18H,11H2,1H3,(H,17,19). The van der Waals surface area contributed by atoms with E-state index < -0.39 is 6.10 Å². The number of aliphatic hydroxyl groups is 1. The zero-order valence-electron chi connectivity index (χ0n) is 11.2. The third kappa shape index (κ3) is 3.85. The summed E-state index contributed by atoms with van der Waals surface area (Å²) in [6.45, 7) is 0.414. The first-order valence-electron chi connectivity index (χ1n) is 6.34. The van der Waals surface area contributed by atoms with Crippen LogP contribution in [0.4, 0.5) is 0 Å². The Kier molecular flexibility index (Phi) is 5.21. The van der Waals surface area contributed by atoms with Crippen molar-refractivity contribution in [3.63, 3.8) is 0 Å². The molecule has 2 aromatic carbocycles. The van der Waals surface area contributed by atoms with Crippen LogP contribution < -0.4 is 5.32 Å². The fourth-order valence-electron chi connectivity index (χ4n) is 1.82. The number of hydrogen-bond donors (Lipinski definition) is 2. The molecule has 0 saturated heterocycles. The highest BCUT2D eigenvalue weighted by atomic mass is 32.2. The van der Waals surface area contributed by atoms with E-state index in [0.29, 0.717) is 12.1 Å². The molecule has 1 amide bonds. The van der Waals surface area contributed by atoms with E-state index in [4.69, 9.17) is 0 Å². The number of aliphatic hydroxyl groups excluding tert-OH is 1. The third-order valence-electron chi connectivity index (χ3n) is 2.99. The molecule has 0 bridgehead atoms. The van der Waals surface area contributed by atoms with Crippen molar-refractivity contribution in [3.8, 4) is 0 Å². The zero-order chi connectivity index (χ0) is 14.4. The summed E-state index contributed by atoms with van der Waals surface area (Å²) in [6, 6.07) is 16.9. The van der Waals surface area contributed by atoms with Crippen molar-refractivity contribution in [2.24, 2.45) is 0 Å². The van der Waals surface area contributed by atoms with Crippen LogP contribution in [0.25, 0.3) is 0 Å². The average molecular weight is 287 g/mol. The van der Waals surface area contributed by atoms with Gasteiger partial charge in [0.05, 0.1) is 0 Å². The van der Waals surface area contributed by atoms with Crippen molar-refractivity contribution in [2.75, 3.05) is 6.26 Å². The van der Waals surface area contributed by atoms with Crippen molar-refractivity contribution in [1.29, 1.82) is 0 Å². The van der Waals surface area contributed by atoms with Crippen LogP contribution in [0.1, 0.15) is 17.2 Å². The topological polar surface area (TPSA) is 49.3 Å². The number of nitrogens with one attached hydrogen (secondary N) is 1. The molecule has 0 spiro atoms. The number of hydrogen-bond acceptors (Lipinski definition) is 3. The first-order valence-corrected chi connectivity index (χ1v) is 7.57. The van der Waals surface area contributed by atoms with Crippen LogP contribution >= 0.6 is 11.8 Å². The number of carbonyl (C=O) groups is 1. The summed E-state index contributed by atoms with van der Waals surface area (Å²) in [5, 5.41) is 12.7. The monoisotopic (exact) mass is 287 g/mol. The maximum Gasteiger partial charge on any atom is 0.253 e. The number of thioether (sulfide) groups is 1. The van der Waals surface area contributed by atoms with Gasteiger partial charge in [-0.3, -0.25) is 4.79 Å². The van der Waals surface area contributed by atoms with Crippen LogP contribution in [0.5, 0.6) is 0 Å². The summed E-state index contributed by atoms with van der Waals surface area (Å²) >= 11 is 1.68. The molecule has 0 aliphatic carbocycles. The Morgan fingerprint density at radius 1 is 1.15 bits per heavy atom. The molecular formula is C16H17NO2S. The molecule has 0 saturated carbocycles. The number of rotatable bonds is 5. The van der Waals surface area contributed by atoms with Gasteiger partial charge in [0.25, 0.3) is 5.91 Å². The Morgan fingerprint density at radius 2 is 1.80 bits per heavy atom. The van der Waals surface area contributed by atoms with Crippen molar-refractivity contribution >= 4 is 17.7 Å². The van der Waals surface area contributed by atoms with Crippen LogP contribution in [0.2, 0.25) is 0 Å². The minimum absolute atomic E-state index is 0.384. The molecule has 1 atom stereocenters. The highest BCUT2D eigenvalue weighted by Crippen LogP contribution is 2.15. The lowest BCUT2D eigenvalue weighted by Gasteiger charge is -2.11. The molecule has 0 aliphatic heterocycles. The SMILES string of the molecule is CSc1ccc(CNC(=O)C(O)c2ccccc2)cc1. The van der Waals surface area contributed by atoms with Crippen molar-refractivity contribution < 1.29 is 9.90 Å². The zero-order valence-corrected chi connectivity index (χ0v) is 12.1. The van der Waals surface area contributed by atoms with E-state index in [-0.39, 0.29) is 5.91 Å². The van der Waals surface area contributed by atoms with Crippen molar-refractivity contribution in [3.05, 3.63) is 65.7 Å². The van der Waals surface area contributed by atoms with E-state index in [1.54, 1.807) is 36.0 Å². The van der Waals surface area contributed by atoms with Gasteiger partial charge in [-0.25, -0.2) is 0 Å². The Balaban J connectivity index is 1.91. The number of carbonyl (C=O) groups excluding carboxylic acids is 1. The average Bonchev–Trinajstić information content (AvgIpc) is 2.53. The minimum atomic E-state index is -1.12. The van der Waals surface area contributed by atoms with E-state index in [2.05, 4.69) is 5.32 Å². The Morgan fingerprint density at radius 3 is 2.40 bits per heavy atom. The summed E-state index contributed by atoms with van der Waals surface area (Å²) in [4.78, 5) is 13.1. The Labute approximate surface area is 123 Å². The highest BCUT2D eigenvalue weighted by Gasteiger charge is 2.16. The summed E-state index contributed by atoms with van der Waals surface area (Å²) < 4.78 is 0. The van der Waals surface area contributed by atoms with Gasteiger partial charge < -0.3 is 10.4 Å². The molecule has 2 rings (SSSR count). The Bertz CT molecular complexity index is 554. The van der Waals surface area contributed by atoms with E-state index in [1.165, 1.54) is 4.90 Å². The molecule has 3 nitrogen and oxygen atoms in total. The normalized spacial score (nSPS) is 11.9. The number of benzene rings is 2. The second kappa shape index (κ2) is 7.12. The molecule has 2 aromatic rings. The van der Waals surface area contributed by atoms with E-state index in [9.17, 15) is 9.90 Å². The van der Waals surface area contributed by atoms with Gasteiger partial charge in [0, 0.05) is 11.4 Å². The van der Waals surface area contributed by atoms with Crippen LogP contribution in [0.3, 0.4) is 0 Å². The van der Waals surface area contributed by atoms with E-state index in [1.807, 2.05) is 36.6 Å². The molecule has 104 valence electrons. The molecule has 0 fully saturated rings. The van der Waals surface area contributed by atoms with Gasteiger partial charge in [-0.2, -0.15) is 0 Å². The largest absolute Gasteiger partial charge is 0.378 e. The second-order valence-electron chi connectivity index (χ2n) is 4.38. The minimum Gasteiger partial charge on any atom is -0.378 e. The van der Waals surface area contributed by atoms with Gasteiger partial charge in [-0.1, -0.05) is 42.5 Å². The first-order chi connectivity index (χ1) is 9.70. The molecule has 1 unspecified atom stereocenters. The van der Waals surface area contributed by atoms with Gasteiger partial charge in [-0.05, 0) is 29.5 Å². The molecule has 20 heavy (non-hydrogen) atoms. The van der Waals surface area contributed by atoms with Gasteiger partial charge >= 0.3 is 0 Å². The predicted molar refractivity (Wildman–Crippen MR) is 81.5 cm³/mol. The maximum absolute atomic E-state index is 11.9. The molecular weight excluding hydrogens is 270 g/mol. The lowest BCUT2D eigenvalue weighted by molar-refractivity contribution is -0.129. The van der Waals surface area contributed by atoms with E-state index in [0.717, 1.165) is 5.56 Å². The molecule has 0 aromatic heterocycles. The van der Waals surface area contributed by atoms with Crippen molar-refractivity contribution in [1.82, 2.24) is 5.32 Å². The molecule has 2 N–H and O–H groups in total. The lowest BCUT2D eigenvalue weighted by atomic mass is 10.1. The van der Waals surface area contributed by atoms with Crippen LogP contribution in [-0.4, -0.2) is 17.3 Å². The summed E-state index contributed by atoms with van der Waals surface area (Å²) in [6.07, 6.45) is 0.897. The number of amides is 1. The van der Waals surface area contributed by atoms with Gasteiger partial charge in [0.15, 0.2) is 6.10 Å². The van der Waals surface area contributed by atoms with E-state index >= 15 is 0 Å². The van der Waals surface area contributed by atoms with Gasteiger partial charge in [0.2, 0.25) is 0 Å². The Hall–Kier alpha value is -1.78. The fraction of sp³-hybridized carbons (Fsp3) is 0.188. The van der Waals surface area contributed by atoms with Crippen LogP contribution in [0.15, 0.2) is 59.5 Å². The van der Waals surface area contributed by atoms with Crippen molar-refractivity contribution in [2.45, 2.75) is 17.5 Å². The summed E-state index contributed by atoms with van der Waals surface area (Å²) in [5.41, 5.74) is 1.61. The fourth-order valence-corrected chi connectivity index (χ4v) is 2.22. The van der Waals surface area contributed by atoms with Crippen LogP contribution in [0, 0.1) is 0 Å². The third-order valence-corrected chi connectivity index (χ3v) is 3.73. The smallest absolute Gasteiger partial charge is 0.253 e. The molecule has 0 heterocycles. The predicted octanol–water partition coefficient (Wildman–Crippen LogP) is 2.76.